The molecular formula is C8H6ClS. The molecule has 0 aliphatic rings. The van der Waals surface area contributed by atoms with Gasteiger partial charge in [0.2, 0.25) is 0 Å². The van der Waals surface area contributed by atoms with E-state index in [1.807, 2.05) is 0 Å². The van der Waals surface area contributed by atoms with Crippen LogP contribution in [0.3, 0.4) is 0 Å². The van der Waals surface area contributed by atoms with Crippen molar-refractivity contribution in [1.82, 2.24) is 0 Å². The van der Waals surface area contributed by atoms with E-state index in [0.29, 0.717) is 5.02 Å². The van der Waals surface area contributed by atoms with Crippen molar-refractivity contribution in [3.05, 3.63) is 34.0 Å². The van der Waals surface area contributed by atoms with Crippen molar-refractivity contribution >= 4 is 35.1 Å². The topological polar surface area (TPSA) is 0 Å². The molecule has 51 valence electrons. The Morgan fingerprint density at radius 1 is 1.40 bits per heavy atom. The summed E-state index contributed by atoms with van der Waals surface area (Å²) in [5, 5.41) is 3.54. The predicted octanol–water partition coefficient (Wildman–Crippen LogP) is 3.49. The van der Waals surface area contributed by atoms with Crippen molar-refractivity contribution in [3.63, 3.8) is 0 Å². The summed E-state index contributed by atoms with van der Waals surface area (Å²) in [5.74, 6) is 0. The molecule has 0 atom stereocenters. The lowest BCUT2D eigenvalue weighted by Gasteiger charge is -1.88. The highest BCUT2D eigenvalue weighted by molar-refractivity contribution is 7.11. The van der Waals surface area contributed by atoms with E-state index in [4.69, 9.17) is 11.6 Å². The second kappa shape index (κ2) is 3.04. The summed E-state index contributed by atoms with van der Waals surface area (Å²) in [4.78, 5) is 1.03. The average molecular weight is 170 g/mol. The minimum Gasteiger partial charge on any atom is -0.133 e. The lowest BCUT2D eigenvalue weighted by atomic mass is 10.2. The minimum atomic E-state index is 0.634. The van der Waals surface area contributed by atoms with Crippen molar-refractivity contribution in [3.8, 4) is 0 Å². The van der Waals surface area contributed by atoms with Gasteiger partial charge in [-0.05, 0) is 0 Å². The van der Waals surface area contributed by atoms with Gasteiger partial charge in [-0.2, -0.15) is 0 Å². The Balaban J connectivity index is 3.25. The number of hydrogen-bond donors (Lipinski definition) is 0. The summed E-state index contributed by atoms with van der Waals surface area (Å²) in [6.07, 6.45) is 3.47. The fourth-order valence-corrected chi connectivity index (χ4v) is 1.70. The highest BCUT2D eigenvalue weighted by atomic mass is 35.5. The van der Waals surface area contributed by atoms with Crippen LogP contribution in [0.1, 0.15) is 10.4 Å². The SMILES string of the molecule is C=Cc1s[c]c(Cl)c1C=C. The molecule has 0 aliphatic carbocycles. The Bertz CT molecular complexity index is 260. The van der Waals surface area contributed by atoms with Crippen LogP contribution in [-0.4, -0.2) is 0 Å². The van der Waals surface area contributed by atoms with Crippen LogP contribution >= 0.6 is 22.9 Å². The van der Waals surface area contributed by atoms with E-state index in [2.05, 4.69) is 18.5 Å². The highest BCUT2D eigenvalue weighted by Crippen LogP contribution is 2.27. The molecule has 0 nitrogen and oxygen atoms in total. The van der Waals surface area contributed by atoms with Gasteiger partial charge >= 0.3 is 0 Å². The van der Waals surface area contributed by atoms with Crippen molar-refractivity contribution < 1.29 is 0 Å². The zero-order chi connectivity index (χ0) is 7.56. The first kappa shape index (κ1) is 7.58. The molecule has 1 aromatic rings. The third kappa shape index (κ3) is 1.15. The maximum Gasteiger partial charge on any atom is 0.0679 e. The van der Waals surface area contributed by atoms with Crippen LogP contribution in [0.15, 0.2) is 13.2 Å². The molecule has 0 aliphatic heterocycles. The van der Waals surface area contributed by atoms with Crippen molar-refractivity contribution in [1.29, 1.82) is 0 Å². The van der Waals surface area contributed by atoms with E-state index in [1.165, 1.54) is 11.3 Å². The van der Waals surface area contributed by atoms with Crippen LogP contribution in [0.2, 0.25) is 5.02 Å². The van der Waals surface area contributed by atoms with Gasteiger partial charge in [0, 0.05) is 10.4 Å². The Kier molecular flexibility index (Phi) is 2.30. The number of rotatable bonds is 2. The molecule has 0 saturated heterocycles. The molecule has 10 heavy (non-hydrogen) atoms. The summed E-state index contributed by atoms with van der Waals surface area (Å²) in [5.41, 5.74) is 0.932. The van der Waals surface area contributed by atoms with Crippen LogP contribution in [0, 0.1) is 5.38 Å². The second-order valence-electron chi connectivity index (χ2n) is 1.70. The molecule has 2 heteroatoms. The van der Waals surface area contributed by atoms with E-state index >= 15 is 0 Å². The lowest BCUT2D eigenvalue weighted by Crippen LogP contribution is -1.67. The van der Waals surface area contributed by atoms with Gasteiger partial charge in [-0.3, -0.25) is 0 Å². The minimum absolute atomic E-state index is 0.634. The zero-order valence-corrected chi connectivity index (χ0v) is 6.93. The van der Waals surface area contributed by atoms with Crippen LogP contribution in [-0.2, 0) is 0 Å². The summed E-state index contributed by atoms with van der Waals surface area (Å²) in [7, 11) is 0. The summed E-state index contributed by atoms with van der Waals surface area (Å²) in [6, 6.07) is 0. The van der Waals surface area contributed by atoms with Crippen molar-refractivity contribution in [2.24, 2.45) is 0 Å². The first-order valence-corrected chi connectivity index (χ1v) is 3.94. The molecule has 0 bridgehead atoms. The van der Waals surface area contributed by atoms with Crippen molar-refractivity contribution in [2.75, 3.05) is 0 Å². The molecule has 0 unspecified atom stereocenters. The predicted molar refractivity (Wildman–Crippen MR) is 48.3 cm³/mol. The Labute approximate surface area is 69.5 Å². The standard InChI is InChI=1S/C8H6ClS/c1-3-6-7(9)5-10-8(6)4-2/h3-4H,1-2H2. The Morgan fingerprint density at radius 2 is 2.10 bits per heavy atom. The molecule has 1 radical (unpaired) electrons. The van der Waals surface area contributed by atoms with Crippen molar-refractivity contribution in [2.45, 2.75) is 0 Å². The normalized spacial score (nSPS) is 9.30. The molecule has 1 rings (SSSR count). The fourth-order valence-electron chi connectivity index (χ4n) is 0.660. The molecule has 0 amide bonds. The monoisotopic (exact) mass is 169 g/mol. The van der Waals surface area contributed by atoms with Gasteiger partial charge in [-0.1, -0.05) is 36.9 Å². The quantitative estimate of drug-likeness (QED) is 0.636. The van der Waals surface area contributed by atoms with Gasteiger partial charge in [0.25, 0.3) is 0 Å². The number of hydrogen-bond acceptors (Lipinski definition) is 1. The second-order valence-corrected chi connectivity index (χ2v) is 2.93. The third-order valence-corrected chi connectivity index (χ3v) is 2.46. The maximum atomic E-state index is 5.76. The van der Waals surface area contributed by atoms with Crippen LogP contribution in [0.5, 0.6) is 0 Å². The summed E-state index contributed by atoms with van der Waals surface area (Å²) < 4.78 is 0. The Morgan fingerprint density at radius 3 is 2.50 bits per heavy atom. The third-order valence-electron chi connectivity index (χ3n) is 1.14. The smallest absolute Gasteiger partial charge is 0.0679 e. The van der Waals surface area contributed by atoms with Crippen LogP contribution < -0.4 is 0 Å². The largest absolute Gasteiger partial charge is 0.133 e. The first-order valence-electron chi connectivity index (χ1n) is 2.74. The van der Waals surface area contributed by atoms with E-state index in [9.17, 15) is 0 Å². The number of halogens is 1. The molecular weight excluding hydrogens is 164 g/mol. The maximum absolute atomic E-state index is 5.76. The van der Waals surface area contributed by atoms with E-state index in [0.717, 1.165) is 10.4 Å². The summed E-state index contributed by atoms with van der Waals surface area (Å²) in [6.45, 7) is 7.26. The first-order chi connectivity index (χ1) is 4.79. The van der Waals surface area contributed by atoms with Gasteiger partial charge in [-0.15, -0.1) is 11.3 Å². The fraction of sp³-hybridized carbons (Fsp3) is 0. The Hall–Kier alpha value is -0.530. The molecule has 1 heterocycles. The van der Waals surface area contributed by atoms with Gasteiger partial charge in [0.15, 0.2) is 0 Å². The van der Waals surface area contributed by atoms with Crippen LogP contribution in [0.25, 0.3) is 12.2 Å². The molecule has 0 N–H and O–H groups in total. The molecule has 0 fully saturated rings. The zero-order valence-electron chi connectivity index (χ0n) is 5.36. The lowest BCUT2D eigenvalue weighted by molar-refractivity contribution is 1.83. The van der Waals surface area contributed by atoms with Gasteiger partial charge in [0.1, 0.15) is 0 Å². The number of thiophene rings is 1. The average Bonchev–Trinajstić information content (AvgIpc) is 2.30. The molecule has 0 aromatic carbocycles. The van der Waals surface area contributed by atoms with Crippen LogP contribution in [0.4, 0.5) is 0 Å². The molecule has 1 aromatic heterocycles. The molecule has 0 saturated carbocycles. The van der Waals surface area contributed by atoms with Gasteiger partial charge in [-0.25, -0.2) is 0 Å². The van der Waals surface area contributed by atoms with Gasteiger partial charge in [0.05, 0.1) is 10.4 Å². The van der Waals surface area contributed by atoms with E-state index < -0.39 is 0 Å². The van der Waals surface area contributed by atoms with E-state index in [1.54, 1.807) is 12.2 Å². The molecule has 0 spiro atoms. The van der Waals surface area contributed by atoms with Gasteiger partial charge < -0.3 is 0 Å². The highest BCUT2D eigenvalue weighted by Gasteiger charge is 2.02. The van der Waals surface area contributed by atoms with E-state index in [-0.39, 0.29) is 0 Å². The summed E-state index contributed by atoms with van der Waals surface area (Å²) >= 11 is 7.21.